The molecule has 0 rings (SSSR count). The lowest BCUT2D eigenvalue weighted by Gasteiger charge is -2.18. The van der Waals surface area contributed by atoms with Gasteiger partial charge in [0.2, 0.25) is 0 Å². The molecule has 0 bridgehead atoms. The first kappa shape index (κ1) is 36.9. The van der Waals surface area contributed by atoms with Crippen LogP contribution in [0.4, 0.5) is 0 Å². The van der Waals surface area contributed by atoms with Gasteiger partial charge < -0.3 is 14.6 Å². The molecule has 0 aromatic heterocycles. The molecular weight excluding hydrogens is 472 g/mol. The van der Waals surface area contributed by atoms with Gasteiger partial charge in [0.25, 0.3) is 0 Å². The highest BCUT2D eigenvalue weighted by molar-refractivity contribution is 5.69. The number of carboxylic acid groups (broad SMARTS) is 1. The number of carbonyl (C=O) groups excluding carboxylic acids is 2. The van der Waals surface area contributed by atoms with E-state index in [2.05, 4.69) is 13.8 Å². The van der Waals surface area contributed by atoms with Crippen molar-refractivity contribution in [3.63, 3.8) is 0 Å². The number of carboxylic acids is 1. The summed E-state index contributed by atoms with van der Waals surface area (Å²) in [5.41, 5.74) is 0. The van der Waals surface area contributed by atoms with Crippen LogP contribution in [-0.4, -0.2) is 18.0 Å². The van der Waals surface area contributed by atoms with Crippen LogP contribution in [0.2, 0.25) is 0 Å². The number of esters is 1. The second-order valence-corrected chi connectivity index (χ2v) is 11.7. The maximum atomic E-state index is 12.4. The Bertz CT molecular complexity index is 505. The van der Waals surface area contributed by atoms with Crippen molar-refractivity contribution in [2.75, 3.05) is 0 Å². The van der Waals surface area contributed by atoms with Gasteiger partial charge in [0.1, 0.15) is 6.10 Å². The van der Waals surface area contributed by atoms with E-state index in [0.717, 1.165) is 25.7 Å². The lowest BCUT2D eigenvalue weighted by atomic mass is 10.0. The van der Waals surface area contributed by atoms with E-state index in [4.69, 9.17) is 4.74 Å². The summed E-state index contributed by atoms with van der Waals surface area (Å²) in [7, 11) is 0. The molecule has 0 N–H and O–H groups in total. The summed E-state index contributed by atoms with van der Waals surface area (Å²) >= 11 is 0. The van der Waals surface area contributed by atoms with E-state index in [0.29, 0.717) is 19.3 Å². The number of rotatable bonds is 31. The molecule has 0 saturated carbocycles. The number of aliphatic carboxylic acids is 1. The summed E-state index contributed by atoms with van der Waals surface area (Å²) in [6.07, 6.45) is 33.5. The van der Waals surface area contributed by atoms with Crippen molar-refractivity contribution in [3.05, 3.63) is 0 Å². The normalized spacial score (nSPS) is 12.1. The fourth-order valence-electron chi connectivity index (χ4n) is 5.30. The smallest absolute Gasteiger partial charge is 0.306 e. The summed E-state index contributed by atoms with van der Waals surface area (Å²) in [5, 5.41) is 10.8. The molecule has 0 aliphatic rings. The van der Waals surface area contributed by atoms with Crippen molar-refractivity contribution in [2.24, 2.45) is 0 Å². The minimum atomic E-state index is -1.02. The Labute approximate surface area is 237 Å². The second-order valence-electron chi connectivity index (χ2n) is 11.7. The Hall–Kier alpha value is -1.06. The lowest BCUT2D eigenvalue weighted by molar-refractivity contribution is -0.305. The highest BCUT2D eigenvalue weighted by Crippen LogP contribution is 2.18. The minimum Gasteiger partial charge on any atom is -0.550 e. The van der Waals surface area contributed by atoms with Gasteiger partial charge in [-0.3, -0.25) is 4.79 Å². The molecule has 226 valence electrons. The van der Waals surface area contributed by atoms with Gasteiger partial charge >= 0.3 is 5.97 Å². The summed E-state index contributed by atoms with van der Waals surface area (Å²) < 4.78 is 5.78. The number of unbranched alkanes of at least 4 members (excludes halogenated alkanes) is 22. The molecule has 0 aliphatic carbocycles. The lowest BCUT2D eigenvalue weighted by Crippen LogP contribution is -2.23. The molecule has 0 aliphatic heterocycles. The van der Waals surface area contributed by atoms with Crippen molar-refractivity contribution in [1.29, 1.82) is 0 Å². The molecule has 0 radical (unpaired) electrons. The van der Waals surface area contributed by atoms with Gasteiger partial charge in [-0.05, 0) is 38.5 Å². The van der Waals surface area contributed by atoms with E-state index in [1.165, 1.54) is 135 Å². The quantitative estimate of drug-likeness (QED) is 0.0651. The van der Waals surface area contributed by atoms with Crippen LogP contribution >= 0.6 is 0 Å². The first-order valence-corrected chi connectivity index (χ1v) is 17.0. The Morgan fingerprint density at radius 2 is 0.816 bits per heavy atom. The number of ether oxygens (including phenoxy) is 1. The maximum absolute atomic E-state index is 12.4. The fourth-order valence-corrected chi connectivity index (χ4v) is 5.30. The van der Waals surface area contributed by atoms with Crippen molar-refractivity contribution in [2.45, 2.75) is 206 Å². The van der Waals surface area contributed by atoms with E-state index < -0.39 is 5.97 Å². The van der Waals surface area contributed by atoms with Crippen molar-refractivity contribution < 1.29 is 19.4 Å². The SMILES string of the molecule is CCCCCCCCCCCCCCCC(=O)OC(CCCCCCCCCCCCC)CCCC(=O)[O-]. The summed E-state index contributed by atoms with van der Waals surface area (Å²) in [5.74, 6) is -1.12. The van der Waals surface area contributed by atoms with Gasteiger partial charge in [0, 0.05) is 12.4 Å². The zero-order valence-corrected chi connectivity index (χ0v) is 25.7. The van der Waals surface area contributed by atoms with Crippen LogP contribution < -0.4 is 5.11 Å². The van der Waals surface area contributed by atoms with Crippen molar-refractivity contribution >= 4 is 11.9 Å². The highest BCUT2D eigenvalue weighted by atomic mass is 16.5. The molecule has 38 heavy (non-hydrogen) atoms. The van der Waals surface area contributed by atoms with Crippen LogP contribution in [0, 0.1) is 0 Å². The number of carbonyl (C=O) groups is 2. The topological polar surface area (TPSA) is 66.4 Å². The number of hydrogen-bond acceptors (Lipinski definition) is 4. The predicted octanol–water partition coefficient (Wildman–Crippen LogP) is 10.0. The first-order valence-electron chi connectivity index (χ1n) is 17.0. The molecule has 0 aromatic carbocycles. The zero-order valence-electron chi connectivity index (χ0n) is 25.7. The minimum absolute atomic E-state index is 0.0468. The van der Waals surface area contributed by atoms with Gasteiger partial charge in [0.15, 0.2) is 0 Å². The molecule has 0 aromatic rings. The van der Waals surface area contributed by atoms with Crippen molar-refractivity contribution in [3.8, 4) is 0 Å². The number of hydrogen-bond donors (Lipinski definition) is 0. The molecule has 0 fully saturated rings. The zero-order chi connectivity index (χ0) is 27.9. The van der Waals surface area contributed by atoms with E-state index in [-0.39, 0.29) is 18.5 Å². The van der Waals surface area contributed by atoms with Crippen LogP contribution in [0.1, 0.15) is 200 Å². The molecule has 0 saturated heterocycles. The average molecular weight is 538 g/mol. The molecule has 0 heterocycles. The van der Waals surface area contributed by atoms with Crippen LogP contribution in [0.3, 0.4) is 0 Å². The van der Waals surface area contributed by atoms with Crippen LogP contribution in [0.15, 0.2) is 0 Å². The molecule has 4 nitrogen and oxygen atoms in total. The molecule has 0 spiro atoms. The third kappa shape index (κ3) is 29.5. The Balaban J connectivity index is 3.82. The summed E-state index contributed by atoms with van der Waals surface area (Å²) in [4.78, 5) is 23.2. The second kappa shape index (κ2) is 30.5. The molecular formula is C34H65O4-. The predicted molar refractivity (Wildman–Crippen MR) is 160 cm³/mol. The van der Waals surface area contributed by atoms with Gasteiger partial charge in [-0.15, -0.1) is 0 Å². The van der Waals surface area contributed by atoms with Gasteiger partial charge in [-0.2, -0.15) is 0 Å². The van der Waals surface area contributed by atoms with Crippen molar-refractivity contribution in [1.82, 2.24) is 0 Å². The fraction of sp³-hybridized carbons (Fsp3) is 0.941. The highest BCUT2D eigenvalue weighted by Gasteiger charge is 2.14. The monoisotopic (exact) mass is 537 g/mol. The van der Waals surface area contributed by atoms with Gasteiger partial charge in [-0.1, -0.05) is 155 Å². The van der Waals surface area contributed by atoms with E-state index >= 15 is 0 Å². The first-order chi connectivity index (χ1) is 18.6. The maximum Gasteiger partial charge on any atom is 0.306 e. The Kier molecular flexibility index (Phi) is 29.6. The Morgan fingerprint density at radius 1 is 0.474 bits per heavy atom. The van der Waals surface area contributed by atoms with Crippen LogP contribution in [0.25, 0.3) is 0 Å². The van der Waals surface area contributed by atoms with E-state index in [1.807, 2.05) is 0 Å². The largest absolute Gasteiger partial charge is 0.550 e. The Morgan fingerprint density at radius 3 is 1.21 bits per heavy atom. The van der Waals surface area contributed by atoms with E-state index in [9.17, 15) is 14.7 Å². The van der Waals surface area contributed by atoms with Gasteiger partial charge in [-0.25, -0.2) is 0 Å². The third-order valence-corrected chi connectivity index (χ3v) is 7.82. The molecule has 1 atom stereocenters. The van der Waals surface area contributed by atoms with Crippen LogP contribution in [0.5, 0.6) is 0 Å². The summed E-state index contributed by atoms with van der Waals surface area (Å²) in [6.45, 7) is 4.53. The standard InChI is InChI=1S/C34H66O4/c1-3-5-7-9-11-13-15-16-18-20-22-24-26-31-34(37)38-32(29-27-30-33(35)36)28-25-23-21-19-17-14-12-10-8-6-4-2/h32H,3-31H2,1-2H3,(H,35,36)/p-1. The summed E-state index contributed by atoms with van der Waals surface area (Å²) in [6, 6.07) is 0. The van der Waals surface area contributed by atoms with Gasteiger partial charge in [0.05, 0.1) is 0 Å². The molecule has 1 unspecified atom stereocenters. The van der Waals surface area contributed by atoms with Crippen LogP contribution in [-0.2, 0) is 14.3 Å². The molecule has 4 heteroatoms. The third-order valence-electron chi connectivity index (χ3n) is 7.82. The van der Waals surface area contributed by atoms with E-state index in [1.54, 1.807) is 0 Å². The average Bonchev–Trinajstić information content (AvgIpc) is 2.89. The molecule has 0 amide bonds.